The van der Waals surface area contributed by atoms with Gasteiger partial charge in [-0.25, -0.2) is 13.6 Å². The van der Waals surface area contributed by atoms with Gasteiger partial charge in [-0.1, -0.05) is 0 Å². The lowest BCUT2D eigenvalue weighted by Gasteiger charge is -2.08. The van der Waals surface area contributed by atoms with Crippen LogP contribution in [0.5, 0.6) is 0 Å². The molecule has 3 N–H and O–H groups in total. The fourth-order valence-electron chi connectivity index (χ4n) is 1.53. The zero-order valence-electron chi connectivity index (χ0n) is 10.7. The highest BCUT2D eigenvalue weighted by atomic mass is 19.1. The first-order chi connectivity index (χ1) is 8.97. The van der Waals surface area contributed by atoms with Crippen molar-refractivity contribution in [1.29, 1.82) is 0 Å². The number of nitrogens with one attached hydrogen (secondary N) is 2. The first-order valence-corrected chi connectivity index (χ1v) is 6.12. The highest BCUT2D eigenvalue weighted by molar-refractivity contribution is 5.73. The molecule has 1 atom stereocenters. The Kier molecular flexibility index (Phi) is 6.21. The molecule has 0 heterocycles. The minimum Gasteiger partial charge on any atom is -0.393 e. The van der Waals surface area contributed by atoms with Gasteiger partial charge in [-0.2, -0.15) is 0 Å². The number of carbonyl (C=O) groups excluding carboxylic acids is 1. The van der Waals surface area contributed by atoms with Crippen LogP contribution in [0, 0.1) is 11.6 Å². The Labute approximate surface area is 110 Å². The van der Waals surface area contributed by atoms with Crippen molar-refractivity contribution in [3.63, 3.8) is 0 Å². The molecule has 0 saturated heterocycles. The zero-order chi connectivity index (χ0) is 14.3. The molecule has 4 nitrogen and oxygen atoms in total. The van der Waals surface area contributed by atoms with Gasteiger partial charge in [0.15, 0.2) is 0 Å². The van der Waals surface area contributed by atoms with E-state index in [0.717, 1.165) is 6.07 Å². The Morgan fingerprint density at radius 2 is 1.79 bits per heavy atom. The van der Waals surface area contributed by atoms with Crippen molar-refractivity contribution in [3.05, 3.63) is 35.4 Å². The summed E-state index contributed by atoms with van der Waals surface area (Å²) in [5, 5.41) is 14.1. The van der Waals surface area contributed by atoms with Crippen molar-refractivity contribution in [1.82, 2.24) is 10.6 Å². The molecule has 1 aromatic carbocycles. The van der Waals surface area contributed by atoms with Crippen LogP contribution in [0.4, 0.5) is 13.6 Å². The van der Waals surface area contributed by atoms with Crippen LogP contribution in [-0.4, -0.2) is 30.3 Å². The summed E-state index contributed by atoms with van der Waals surface area (Å²) in [5.41, 5.74) is 0.488. The van der Waals surface area contributed by atoms with E-state index in [2.05, 4.69) is 10.6 Å². The Bertz CT molecular complexity index is 405. The maximum atomic E-state index is 12.9. The van der Waals surface area contributed by atoms with Crippen LogP contribution in [0.25, 0.3) is 0 Å². The second-order valence-corrected chi connectivity index (χ2v) is 4.35. The maximum Gasteiger partial charge on any atom is 0.314 e. The van der Waals surface area contributed by atoms with Crippen molar-refractivity contribution in [2.45, 2.75) is 25.9 Å². The molecule has 6 heteroatoms. The fourth-order valence-corrected chi connectivity index (χ4v) is 1.53. The molecular formula is C13H18F2N2O2. The van der Waals surface area contributed by atoms with Gasteiger partial charge < -0.3 is 15.7 Å². The van der Waals surface area contributed by atoms with Crippen LogP contribution in [0.3, 0.4) is 0 Å². The number of aliphatic hydroxyl groups is 1. The smallest absolute Gasteiger partial charge is 0.314 e. The van der Waals surface area contributed by atoms with Crippen LogP contribution in [0.15, 0.2) is 18.2 Å². The number of halogens is 2. The Balaban J connectivity index is 2.24. The monoisotopic (exact) mass is 272 g/mol. The first kappa shape index (κ1) is 15.4. The third-order valence-corrected chi connectivity index (χ3v) is 2.47. The number of amides is 2. The van der Waals surface area contributed by atoms with Gasteiger partial charge in [-0.3, -0.25) is 0 Å². The highest BCUT2D eigenvalue weighted by Gasteiger charge is 2.03. The highest BCUT2D eigenvalue weighted by Crippen LogP contribution is 2.07. The topological polar surface area (TPSA) is 61.4 Å². The molecule has 0 aliphatic rings. The summed E-state index contributed by atoms with van der Waals surface area (Å²) in [5.74, 6) is -1.26. The normalized spacial score (nSPS) is 12.0. The minimum absolute atomic E-state index is 0.281. The number of hydrogen-bond acceptors (Lipinski definition) is 2. The predicted molar refractivity (Wildman–Crippen MR) is 67.8 cm³/mol. The molecule has 0 bridgehead atoms. The van der Waals surface area contributed by atoms with E-state index < -0.39 is 17.7 Å². The van der Waals surface area contributed by atoms with Gasteiger partial charge in [-0.15, -0.1) is 0 Å². The summed E-state index contributed by atoms with van der Waals surface area (Å²) < 4.78 is 25.8. The third kappa shape index (κ3) is 6.71. The van der Waals surface area contributed by atoms with Crippen molar-refractivity contribution < 1.29 is 18.7 Å². The quantitative estimate of drug-likeness (QED) is 0.736. The average molecular weight is 272 g/mol. The summed E-state index contributed by atoms with van der Waals surface area (Å²) >= 11 is 0. The number of carbonyl (C=O) groups is 1. The largest absolute Gasteiger partial charge is 0.393 e. The SMILES string of the molecule is CC(O)CCNC(=O)NCCc1cc(F)cc(F)c1. The van der Waals surface area contributed by atoms with E-state index in [1.165, 1.54) is 12.1 Å². The molecule has 1 rings (SSSR count). The van der Waals surface area contributed by atoms with Crippen molar-refractivity contribution in [2.24, 2.45) is 0 Å². The first-order valence-electron chi connectivity index (χ1n) is 6.12. The molecule has 1 unspecified atom stereocenters. The second-order valence-electron chi connectivity index (χ2n) is 4.35. The molecule has 0 saturated carbocycles. The van der Waals surface area contributed by atoms with E-state index in [1.54, 1.807) is 6.92 Å². The number of benzene rings is 1. The Morgan fingerprint density at radius 3 is 2.37 bits per heavy atom. The fraction of sp³-hybridized carbons (Fsp3) is 0.462. The summed E-state index contributed by atoms with van der Waals surface area (Å²) in [6.07, 6.45) is 0.358. The molecule has 0 aliphatic heterocycles. The van der Waals surface area contributed by atoms with E-state index in [4.69, 9.17) is 5.11 Å². The number of rotatable bonds is 6. The Morgan fingerprint density at radius 1 is 1.21 bits per heavy atom. The molecule has 19 heavy (non-hydrogen) atoms. The van der Waals surface area contributed by atoms with E-state index in [-0.39, 0.29) is 12.6 Å². The average Bonchev–Trinajstić information content (AvgIpc) is 2.27. The maximum absolute atomic E-state index is 12.9. The molecule has 0 aliphatic carbocycles. The summed E-state index contributed by atoms with van der Waals surface area (Å²) in [4.78, 5) is 11.3. The Hall–Kier alpha value is -1.69. The van der Waals surface area contributed by atoms with Gasteiger partial charge >= 0.3 is 6.03 Å². The summed E-state index contributed by atoms with van der Waals surface area (Å²) in [6, 6.07) is 2.91. The van der Waals surface area contributed by atoms with Crippen LogP contribution in [0.2, 0.25) is 0 Å². The van der Waals surface area contributed by atoms with Gasteiger partial charge in [-0.05, 0) is 37.5 Å². The lowest BCUT2D eigenvalue weighted by atomic mass is 10.1. The number of aliphatic hydroxyl groups excluding tert-OH is 1. The van der Waals surface area contributed by atoms with Gasteiger partial charge in [0.2, 0.25) is 0 Å². The minimum atomic E-state index is -0.628. The molecule has 0 spiro atoms. The summed E-state index contributed by atoms with van der Waals surface area (Å²) in [6.45, 7) is 2.29. The van der Waals surface area contributed by atoms with E-state index in [0.29, 0.717) is 24.9 Å². The van der Waals surface area contributed by atoms with Gasteiger partial charge in [0.1, 0.15) is 11.6 Å². The van der Waals surface area contributed by atoms with Gasteiger partial charge in [0.05, 0.1) is 6.10 Å². The van der Waals surface area contributed by atoms with Crippen LogP contribution >= 0.6 is 0 Å². The van der Waals surface area contributed by atoms with E-state index in [1.807, 2.05) is 0 Å². The molecular weight excluding hydrogens is 254 g/mol. The number of urea groups is 1. The van der Waals surface area contributed by atoms with Gasteiger partial charge in [0, 0.05) is 19.2 Å². The zero-order valence-corrected chi connectivity index (χ0v) is 10.7. The standard InChI is InChI=1S/C13H18F2N2O2/c1-9(18)2-4-16-13(19)17-5-3-10-6-11(14)8-12(15)7-10/h6-9,18H,2-5H2,1H3,(H2,16,17,19). The number of hydrogen-bond donors (Lipinski definition) is 3. The third-order valence-electron chi connectivity index (χ3n) is 2.47. The molecule has 106 valence electrons. The van der Waals surface area contributed by atoms with E-state index in [9.17, 15) is 13.6 Å². The van der Waals surface area contributed by atoms with Crippen LogP contribution in [-0.2, 0) is 6.42 Å². The van der Waals surface area contributed by atoms with Gasteiger partial charge in [0.25, 0.3) is 0 Å². The van der Waals surface area contributed by atoms with E-state index >= 15 is 0 Å². The van der Waals surface area contributed by atoms with Crippen LogP contribution < -0.4 is 10.6 Å². The summed E-state index contributed by atoms with van der Waals surface area (Å²) in [7, 11) is 0. The molecule has 0 aromatic heterocycles. The van der Waals surface area contributed by atoms with Crippen molar-refractivity contribution >= 4 is 6.03 Å². The lowest BCUT2D eigenvalue weighted by Crippen LogP contribution is -2.37. The lowest BCUT2D eigenvalue weighted by molar-refractivity contribution is 0.183. The van der Waals surface area contributed by atoms with Crippen LogP contribution in [0.1, 0.15) is 18.9 Å². The van der Waals surface area contributed by atoms with Crippen molar-refractivity contribution in [2.75, 3.05) is 13.1 Å². The molecule has 1 aromatic rings. The molecule has 0 fully saturated rings. The molecule has 0 radical (unpaired) electrons. The van der Waals surface area contributed by atoms with Crippen molar-refractivity contribution in [3.8, 4) is 0 Å². The predicted octanol–water partition coefficient (Wildman–Crippen LogP) is 1.58. The second kappa shape index (κ2) is 7.68. The molecule has 2 amide bonds.